The summed E-state index contributed by atoms with van der Waals surface area (Å²) in [7, 11) is 5.16. The largest absolute Gasteiger partial charge is 0.497 e. The Kier molecular flexibility index (Phi) is 10.6. The van der Waals surface area contributed by atoms with Crippen LogP contribution in [0.2, 0.25) is 0 Å². The van der Waals surface area contributed by atoms with Crippen molar-refractivity contribution in [2.24, 2.45) is 10.9 Å². The highest BCUT2D eigenvalue weighted by Gasteiger charge is 2.22. The first kappa shape index (κ1) is 24.9. The number of amides is 1. The molecule has 0 saturated carbocycles. The zero-order chi connectivity index (χ0) is 22.6. The lowest BCUT2D eigenvalue weighted by atomic mass is 10.0. The van der Waals surface area contributed by atoms with E-state index in [2.05, 4.69) is 29.4 Å². The molecule has 1 aromatic rings. The van der Waals surface area contributed by atoms with Gasteiger partial charge in [-0.3, -0.25) is 9.69 Å². The van der Waals surface area contributed by atoms with Gasteiger partial charge in [0.25, 0.3) is 0 Å². The molecule has 1 aromatic carbocycles. The maximum absolute atomic E-state index is 12.1. The van der Waals surface area contributed by atoms with Crippen LogP contribution in [-0.2, 0) is 16.1 Å². The molecule has 174 valence electrons. The topological polar surface area (TPSA) is 78.4 Å². The second kappa shape index (κ2) is 13.2. The monoisotopic (exact) mass is 433 g/mol. The number of methoxy groups -OCH3 is 1. The van der Waals surface area contributed by atoms with Gasteiger partial charge in [0.05, 0.1) is 33.4 Å². The SMILES string of the molecule is COc1ccc(CN=C(NCC(=O)N(C)C)NCC(CC(C)C)N2CCOCC2)cc1. The van der Waals surface area contributed by atoms with E-state index in [1.54, 1.807) is 26.1 Å². The highest BCUT2D eigenvalue weighted by atomic mass is 16.5. The third kappa shape index (κ3) is 9.14. The van der Waals surface area contributed by atoms with Gasteiger partial charge in [-0.25, -0.2) is 4.99 Å². The van der Waals surface area contributed by atoms with E-state index in [0.717, 1.165) is 50.6 Å². The third-order valence-electron chi connectivity index (χ3n) is 5.30. The average molecular weight is 434 g/mol. The maximum Gasteiger partial charge on any atom is 0.241 e. The number of rotatable bonds is 10. The molecule has 1 saturated heterocycles. The number of guanidine groups is 1. The number of nitrogens with zero attached hydrogens (tertiary/aromatic N) is 3. The normalized spacial score (nSPS) is 16.1. The van der Waals surface area contributed by atoms with Crippen LogP contribution in [-0.4, -0.2) is 88.3 Å². The first-order chi connectivity index (χ1) is 14.9. The summed E-state index contributed by atoms with van der Waals surface area (Å²) in [5, 5.41) is 6.66. The molecule has 1 aliphatic heterocycles. The number of benzene rings is 1. The van der Waals surface area contributed by atoms with Crippen molar-refractivity contribution in [1.82, 2.24) is 20.4 Å². The van der Waals surface area contributed by atoms with Gasteiger partial charge in [-0.1, -0.05) is 26.0 Å². The summed E-state index contributed by atoms with van der Waals surface area (Å²) in [5.74, 6) is 2.07. The minimum Gasteiger partial charge on any atom is -0.497 e. The van der Waals surface area contributed by atoms with Crippen LogP contribution in [0, 0.1) is 5.92 Å². The number of hydrogen-bond donors (Lipinski definition) is 2. The van der Waals surface area contributed by atoms with Gasteiger partial charge in [0.15, 0.2) is 5.96 Å². The van der Waals surface area contributed by atoms with Crippen molar-refractivity contribution < 1.29 is 14.3 Å². The average Bonchev–Trinajstić information content (AvgIpc) is 2.78. The van der Waals surface area contributed by atoms with Crippen LogP contribution in [0.5, 0.6) is 5.75 Å². The van der Waals surface area contributed by atoms with E-state index in [-0.39, 0.29) is 12.5 Å². The highest BCUT2D eigenvalue weighted by Crippen LogP contribution is 2.14. The van der Waals surface area contributed by atoms with E-state index >= 15 is 0 Å². The molecule has 1 atom stereocenters. The Bertz CT molecular complexity index is 685. The minimum absolute atomic E-state index is 0.00542. The Morgan fingerprint density at radius 1 is 1.19 bits per heavy atom. The number of nitrogens with one attached hydrogen (secondary N) is 2. The Morgan fingerprint density at radius 3 is 2.45 bits per heavy atom. The molecular formula is C23H39N5O3. The number of morpholine rings is 1. The summed E-state index contributed by atoms with van der Waals surface area (Å²) < 4.78 is 10.7. The smallest absolute Gasteiger partial charge is 0.241 e. The molecule has 1 unspecified atom stereocenters. The number of likely N-dealkylation sites (N-methyl/N-ethyl adjacent to an activating group) is 1. The number of carbonyl (C=O) groups is 1. The van der Waals surface area contributed by atoms with Crippen LogP contribution in [0.3, 0.4) is 0 Å². The molecule has 31 heavy (non-hydrogen) atoms. The van der Waals surface area contributed by atoms with Gasteiger partial charge >= 0.3 is 0 Å². The van der Waals surface area contributed by atoms with Crippen molar-refractivity contribution in [3.63, 3.8) is 0 Å². The van der Waals surface area contributed by atoms with Crippen LogP contribution in [0.4, 0.5) is 0 Å². The molecule has 1 heterocycles. The van der Waals surface area contributed by atoms with Gasteiger partial charge in [0.2, 0.25) is 5.91 Å². The molecule has 0 spiro atoms. The molecule has 0 aromatic heterocycles. The van der Waals surface area contributed by atoms with E-state index in [9.17, 15) is 4.79 Å². The van der Waals surface area contributed by atoms with Crippen molar-refractivity contribution in [2.45, 2.75) is 32.9 Å². The van der Waals surface area contributed by atoms with E-state index in [1.165, 1.54) is 0 Å². The van der Waals surface area contributed by atoms with Gasteiger partial charge in [0.1, 0.15) is 5.75 Å². The predicted octanol–water partition coefficient (Wildman–Crippen LogP) is 1.57. The second-order valence-corrected chi connectivity index (χ2v) is 8.47. The van der Waals surface area contributed by atoms with Gasteiger partial charge in [-0.05, 0) is 30.0 Å². The molecule has 1 aliphatic rings. The van der Waals surface area contributed by atoms with Crippen molar-refractivity contribution in [2.75, 3.05) is 60.6 Å². The molecular weight excluding hydrogens is 394 g/mol. The fourth-order valence-electron chi connectivity index (χ4n) is 3.46. The lowest BCUT2D eigenvalue weighted by molar-refractivity contribution is -0.127. The van der Waals surface area contributed by atoms with Crippen molar-refractivity contribution >= 4 is 11.9 Å². The summed E-state index contributed by atoms with van der Waals surface area (Å²) in [4.78, 5) is 20.8. The lowest BCUT2D eigenvalue weighted by Crippen LogP contribution is -2.51. The number of carbonyl (C=O) groups excluding carboxylic acids is 1. The summed E-state index contributed by atoms with van der Waals surface area (Å²) in [6, 6.07) is 8.25. The fraction of sp³-hybridized carbons (Fsp3) is 0.652. The van der Waals surface area contributed by atoms with Crippen molar-refractivity contribution in [3.8, 4) is 5.75 Å². The summed E-state index contributed by atoms with van der Waals surface area (Å²) in [6.07, 6.45) is 1.09. The van der Waals surface area contributed by atoms with Crippen LogP contribution in [0.1, 0.15) is 25.8 Å². The van der Waals surface area contributed by atoms with Crippen molar-refractivity contribution in [1.29, 1.82) is 0 Å². The van der Waals surface area contributed by atoms with E-state index < -0.39 is 0 Å². The molecule has 8 heteroatoms. The van der Waals surface area contributed by atoms with Crippen LogP contribution in [0.15, 0.2) is 29.3 Å². The quantitative estimate of drug-likeness (QED) is 0.431. The van der Waals surface area contributed by atoms with E-state index in [4.69, 9.17) is 14.5 Å². The molecule has 0 aliphatic carbocycles. The highest BCUT2D eigenvalue weighted by molar-refractivity contribution is 5.86. The van der Waals surface area contributed by atoms with Crippen LogP contribution >= 0.6 is 0 Å². The van der Waals surface area contributed by atoms with Gasteiger partial charge in [-0.2, -0.15) is 0 Å². The standard InChI is InChI=1S/C23H39N5O3/c1-18(2)14-20(28-10-12-31-13-11-28)16-25-23(26-17-22(29)27(3)4)24-15-19-6-8-21(30-5)9-7-19/h6-9,18,20H,10-17H2,1-5H3,(H2,24,25,26). The zero-order valence-electron chi connectivity index (χ0n) is 19.7. The predicted molar refractivity (Wildman–Crippen MR) is 124 cm³/mol. The summed E-state index contributed by atoms with van der Waals surface area (Å²) in [6.45, 7) is 9.44. The Hall–Kier alpha value is -2.32. The lowest BCUT2D eigenvalue weighted by Gasteiger charge is -2.35. The molecule has 2 rings (SSSR count). The van der Waals surface area contributed by atoms with Gasteiger partial charge < -0.3 is 25.0 Å². The maximum atomic E-state index is 12.1. The Balaban J connectivity index is 2.04. The van der Waals surface area contributed by atoms with Crippen LogP contribution in [0.25, 0.3) is 0 Å². The third-order valence-corrected chi connectivity index (χ3v) is 5.30. The second-order valence-electron chi connectivity index (χ2n) is 8.47. The van der Waals surface area contributed by atoms with E-state index in [0.29, 0.717) is 24.5 Å². The first-order valence-electron chi connectivity index (χ1n) is 11.1. The molecule has 1 amide bonds. The number of hydrogen-bond acceptors (Lipinski definition) is 5. The fourth-order valence-corrected chi connectivity index (χ4v) is 3.46. The van der Waals surface area contributed by atoms with Crippen LogP contribution < -0.4 is 15.4 Å². The first-order valence-corrected chi connectivity index (χ1v) is 11.1. The molecule has 0 bridgehead atoms. The molecule has 1 fully saturated rings. The van der Waals surface area contributed by atoms with Gasteiger partial charge in [-0.15, -0.1) is 0 Å². The summed E-state index contributed by atoms with van der Waals surface area (Å²) in [5.41, 5.74) is 1.08. The number of aliphatic imine (C=N–C) groups is 1. The minimum atomic E-state index is 0.00542. The van der Waals surface area contributed by atoms with Crippen molar-refractivity contribution in [3.05, 3.63) is 29.8 Å². The Labute approximate surface area is 187 Å². The zero-order valence-corrected chi connectivity index (χ0v) is 19.7. The van der Waals surface area contributed by atoms with E-state index in [1.807, 2.05) is 24.3 Å². The van der Waals surface area contributed by atoms with Gasteiger partial charge in [0, 0.05) is 39.8 Å². The summed E-state index contributed by atoms with van der Waals surface area (Å²) >= 11 is 0. The molecule has 0 radical (unpaired) electrons. The Morgan fingerprint density at radius 2 is 1.87 bits per heavy atom. The molecule has 2 N–H and O–H groups in total. The molecule has 8 nitrogen and oxygen atoms in total. The number of ether oxygens (including phenoxy) is 2.